The molecule has 0 saturated carbocycles. The van der Waals surface area contributed by atoms with Crippen LogP contribution < -0.4 is 0 Å². The fourth-order valence-electron chi connectivity index (χ4n) is 3.00. The number of imidazole rings is 1. The van der Waals surface area contributed by atoms with Crippen LogP contribution in [0.4, 0.5) is 0 Å². The van der Waals surface area contributed by atoms with Gasteiger partial charge in [-0.05, 0) is 11.5 Å². The molecule has 3 heterocycles. The average Bonchev–Trinajstić information content (AvgIpc) is 3.21. The van der Waals surface area contributed by atoms with Crippen LogP contribution in [0.1, 0.15) is 27.0 Å². The van der Waals surface area contributed by atoms with Crippen molar-refractivity contribution < 1.29 is 33.3 Å². The molecule has 0 radical (unpaired) electrons. The van der Waals surface area contributed by atoms with Gasteiger partial charge >= 0.3 is 17.9 Å². The summed E-state index contributed by atoms with van der Waals surface area (Å²) in [5.74, 6) is -1.73. The molecular weight excluding hydrogens is 406 g/mol. The Bertz CT molecular complexity index is 936. The van der Waals surface area contributed by atoms with Crippen molar-refractivity contribution in [2.45, 2.75) is 50.3 Å². The highest BCUT2D eigenvalue weighted by Gasteiger charge is 2.51. The van der Waals surface area contributed by atoms with Gasteiger partial charge in [-0.25, -0.2) is 4.98 Å². The summed E-state index contributed by atoms with van der Waals surface area (Å²) < 4.78 is 23.2. The van der Waals surface area contributed by atoms with E-state index in [0.717, 1.165) is 0 Å². The zero-order valence-electron chi connectivity index (χ0n) is 16.1. The van der Waals surface area contributed by atoms with Crippen molar-refractivity contribution >= 4 is 40.8 Å². The molecule has 29 heavy (non-hydrogen) atoms. The molecular formula is C16H19N5O7S. The molecule has 0 bridgehead atoms. The van der Waals surface area contributed by atoms with E-state index in [1.165, 1.54) is 43.4 Å². The first kappa shape index (κ1) is 20.9. The van der Waals surface area contributed by atoms with E-state index in [9.17, 15) is 14.4 Å². The first-order valence-electron chi connectivity index (χ1n) is 8.55. The van der Waals surface area contributed by atoms with Gasteiger partial charge in [0.2, 0.25) is 0 Å². The van der Waals surface area contributed by atoms with Crippen LogP contribution in [0.3, 0.4) is 0 Å². The van der Waals surface area contributed by atoms with E-state index >= 15 is 0 Å². The summed E-state index contributed by atoms with van der Waals surface area (Å²) in [7, 11) is 0. The fourth-order valence-corrected chi connectivity index (χ4v) is 3.45. The standard InChI is InChI=1S/C16H19N5O7S/c1-7(22)25-5-10-12(26-8(2)23)13(27-9(3)24)16(28-10)21-6-17-11-14(21)18-20-19-15(11)29-4/h6,10,12-13,16H,5H2,1-4H3/t10-,12-,13-,16-/m0/s1. The maximum Gasteiger partial charge on any atom is 0.303 e. The van der Waals surface area contributed by atoms with Crippen molar-refractivity contribution in [1.29, 1.82) is 0 Å². The summed E-state index contributed by atoms with van der Waals surface area (Å²) in [4.78, 5) is 38.9. The second-order valence-electron chi connectivity index (χ2n) is 6.14. The maximum atomic E-state index is 11.7. The van der Waals surface area contributed by atoms with Crippen molar-refractivity contribution in [3.63, 3.8) is 0 Å². The normalized spacial score (nSPS) is 23.7. The number of thioether (sulfide) groups is 1. The summed E-state index contributed by atoms with van der Waals surface area (Å²) in [6.45, 7) is 3.49. The lowest BCUT2D eigenvalue weighted by Gasteiger charge is -2.23. The third-order valence-corrected chi connectivity index (χ3v) is 4.71. The minimum atomic E-state index is -1.03. The number of fused-ring (bicyclic) bond motifs is 1. The van der Waals surface area contributed by atoms with Crippen molar-refractivity contribution in [3.8, 4) is 0 Å². The van der Waals surface area contributed by atoms with Gasteiger partial charge in [-0.2, -0.15) is 0 Å². The summed E-state index contributed by atoms with van der Waals surface area (Å²) in [5, 5.41) is 12.2. The molecule has 13 heteroatoms. The Labute approximate surface area is 169 Å². The molecule has 0 spiro atoms. The predicted octanol–water partition coefficient (Wildman–Crippen LogP) is 0.267. The minimum absolute atomic E-state index is 0.197. The van der Waals surface area contributed by atoms with E-state index in [0.29, 0.717) is 16.2 Å². The number of ether oxygens (including phenoxy) is 4. The van der Waals surface area contributed by atoms with Crippen molar-refractivity contribution in [3.05, 3.63) is 6.33 Å². The number of hydrogen-bond donors (Lipinski definition) is 0. The predicted molar refractivity (Wildman–Crippen MR) is 96.6 cm³/mol. The number of nitrogens with zero attached hydrogens (tertiary/aromatic N) is 5. The van der Waals surface area contributed by atoms with Gasteiger partial charge < -0.3 is 18.9 Å². The molecule has 156 valence electrons. The van der Waals surface area contributed by atoms with Crippen LogP contribution in [0.2, 0.25) is 0 Å². The van der Waals surface area contributed by atoms with Crippen molar-refractivity contribution in [2.75, 3.05) is 12.9 Å². The maximum absolute atomic E-state index is 11.7. The SMILES string of the molecule is CSc1nnnc2c1ncn2[C@H]1O[C@@H](COC(C)=O)[C@H](OC(C)=O)[C@@H]1OC(C)=O. The van der Waals surface area contributed by atoms with Crippen molar-refractivity contribution in [2.24, 2.45) is 0 Å². The van der Waals surface area contributed by atoms with Gasteiger partial charge in [-0.3, -0.25) is 19.0 Å². The Morgan fingerprint density at radius 3 is 2.41 bits per heavy atom. The van der Waals surface area contributed by atoms with Gasteiger partial charge in [0, 0.05) is 20.8 Å². The monoisotopic (exact) mass is 425 g/mol. The molecule has 2 aromatic heterocycles. The van der Waals surface area contributed by atoms with Gasteiger partial charge in [0.1, 0.15) is 23.3 Å². The molecule has 1 saturated heterocycles. The molecule has 0 N–H and O–H groups in total. The van der Waals surface area contributed by atoms with E-state index in [1.807, 2.05) is 6.26 Å². The van der Waals surface area contributed by atoms with Crippen LogP contribution >= 0.6 is 11.8 Å². The molecule has 0 aliphatic carbocycles. The zero-order valence-corrected chi connectivity index (χ0v) is 16.9. The van der Waals surface area contributed by atoms with Crippen LogP contribution in [0.15, 0.2) is 11.4 Å². The largest absolute Gasteiger partial charge is 0.463 e. The number of aromatic nitrogens is 5. The highest BCUT2D eigenvalue weighted by Crippen LogP contribution is 2.36. The minimum Gasteiger partial charge on any atom is -0.463 e. The Hall–Kier alpha value is -2.80. The van der Waals surface area contributed by atoms with Crippen LogP contribution in [-0.2, 0) is 33.3 Å². The third kappa shape index (κ3) is 4.45. The average molecular weight is 425 g/mol. The van der Waals surface area contributed by atoms with Crippen LogP contribution in [0.5, 0.6) is 0 Å². The Morgan fingerprint density at radius 2 is 1.79 bits per heavy atom. The summed E-state index contributed by atoms with van der Waals surface area (Å²) in [6.07, 6.45) is -0.581. The lowest BCUT2D eigenvalue weighted by molar-refractivity contribution is -0.166. The van der Waals surface area contributed by atoms with Gasteiger partial charge in [-0.1, -0.05) is 0 Å². The van der Waals surface area contributed by atoms with E-state index in [2.05, 4.69) is 20.4 Å². The second-order valence-corrected chi connectivity index (χ2v) is 6.93. The molecule has 0 aromatic carbocycles. The molecule has 1 fully saturated rings. The highest BCUT2D eigenvalue weighted by atomic mass is 32.2. The summed E-state index contributed by atoms with van der Waals surface area (Å²) >= 11 is 1.34. The van der Waals surface area contributed by atoms with E-state index in [4.69, 9.17) is 18.9 Å². The van der Waals surface area contributed by atoms with E-state index in [1.54, 1.807) is 0 Å². The topological polar surface area (TPSA) is 145 Å². The highest BCUT2D eigenvalue weighted by molar-refractivity contribution is 7.98. The lowest BCUT2D eigenvalue weighted by Crippen LogP contribution is -2.40. The summed E-state index contributed by atoms with van der Waals surface area (Å²) in [6, 6.07) is 0. The number of carbonyl (C=O) groups excluding carboxylic acids is 3. The second kappa shape index (κ2) is 8.69. The molecule has 0 amide bonds. The Balaban J connectivity index is 2.02. The fraction of sp³-hybridized carbons (Fsp3) is 0.562. The Kier molecular flexibility index (Phi) is 6.27. The summed E-state index contributed by atoms with van der Waals surface area (Å²) in [5.41, 5.74) is 0.839. The van der Waals surface area contributed by atoms with Crippen LogP contribution in [-0.4, -0.2) is 74.0 Å². The molecule has 1 aliphatic rings. The molecule has 2 aromatic rings. The molecule has 0 unspecified atom stereocenters. The quantitative estimate of drug-likeness (QED) is 0.356. The molecule has 12 nitrogen and oxygen atoms in total. The number of hydrogen-bond acceptors (Lipinski definition) is 12. The smallest absolute Gasteiger partial charge is 0.303 e. The number of esters is 3. The molecule has 4 atom stereocenters. The Morgan fingerprint density at radius 1 is 1.10 bits per heavy atom. The third-order valence-electron chi connectivity index (χ3n) is 4.05. The van der Waals surface area contributed by atoms with Gasteiger partial charge in [-0.15, -0.1) is 22.0 Å². The molecule has 1 aliphatic heterocycles. The van der Waals surface area contributed by atoms with Crippen LogP contribution in [0, 0.1) is 0 Å². The van der Waals surface area contributed by atoms with Crippen LogP contribution in [0.25, 0.3) is 11.2 Å². The first-order valence-corrected chi connectivity index (χ1v) is 9.77. The van der Waals surface area contributed by atoms with Gasteiger partial charge in [0.15, 0.2) is 24.1 Å². The van der Waals surface area contributed by atoms with E-state index in [-0.39, 0.29) is 6.61 Å². The van der Waals surface area contributed by atoms with E-state index < -0.39 is 42.4 Å². The van der Waals surface area contributed by atoms with Gasteiger partial charge in [0.05, 0.1) is 6.33 Å². The lowest BCUT2D eigenvalue weighted by atomic mass is 10.1. The number of rotatable bonds is 6. The van der Waals surface area contributed by atoms with Gasteiger partial charge in [0.25, 0.3) is 0 Å². The molecule has 3 rings (SSSR count). The van der Waals surface area contributed by atoms with Crippen molar-refractivity contribution in [1.82, 2.24) is 25.0 Å². The zero-order chi connectivity index (χ0) is 21.1. The first-order chi connectivity index (χ1) is 13.8. The number of carbonyl (C=O) groups is 3.